The number of amides is 3. The SMILES string of the molecule is NC(=O)c1cccc(CNC(=O)Cc2ccc(NC(=O)c3cc4ccccc4o3)cc2)c1. The lowest BCUT2D eigenvalue weighted by atomic mass is 10.1. The number of hydrogen-bond acceptors (Lipinski definition) is 4. The fourth-order valence-electron chi connectivity index (χ4n) is 3.28. The highest BCUT2D eigenvalue weighted by molar-refractivity contribution is 6.04. The van der Waals surface area contributed by atoms with E-state index in [9.17, 15) is 14.4 Å². The van der Waals surface area contributed by atoms with Gasteiger partial charge in [-0.2, -0.15) is 0 Å². The first-order valence-corrected chi connectivity index (χ1v) is 10.0. The zero-order chi connectivity index (χ0) is 22.5. The molecule has 0 saturated carbocycles. The van der Waals surface area contributed by atoms with Gasteiger partial charge in [-0.05, 0) is 47.5 Å². The van der Waals surface area contributed by atoms with Gasteiger partial charge in [-0.25, -0.2) is 0 Å². The number of fused-ring (bicyclic) bond motifs is 1. The van der Waals surface area contributed by atoms with Gasteiger partial charge in [0.05, 0.1) is 6.42 Å². The number of carbonyl (C=O) groups is 3. The Bertz CT molecular complexity index is 1260. The molecule has 0 atom stereocenters. The van der Waals surface area contributed by atoms with Crippen LogP contribution in [0.5, 0.6) is 0 Å². The second-order valence-electron chi connectivity index (χ2n) is 7.32. The number of nitrogens with one attached hydrogen (secondary N) is 2. The van der Waals surface area contributed by atoms with Crippen molar-refractivity contribution < 1.29 is 18.8 Å². The third-order valence-electron chi connectivity index (χ3n) is 4.93. The van der Waals surface area contributed by atoms with Crippen LogP contribution in [0.15, 0.2) is 83.3 Å². The highest BCUT2D eigenvalue weighted by Crippen LogP contribution is 2.20. The molecule has 0 radical (unpaired) electrons. The molecule has 32 heavy (non-hydrogen) atoms. The summed E-state index contributed by atoms with van der Waals surface area (Å²) in [5.74, 6) is -0.779. The number of hydrogen-bond donors (Lipinski definition) is 3. The molecule has 0 saturated heterocycles. The third-order valence-corrected chi connectivity index (χ3v) is 4.93. The zero-order valence-corrected chi connectivity index (χ0v) is 17.1. The van der Waals surface area contributed by atoms with Crippen molar-refractivity contribution in [3.8, 4) is 0 Å². The number of rotatable bonds is 7. The monoisotopic (exact) mass is 427 g/mol. The number of anilines is 1. The predicted octanol–water partition coefficient (Wildman–Crippen LogP) is 3.64. The molecular weight excluding hydrogens is 406 g/mol. The summed E-state index contributed by atoms with van der Waals surface area (Å²) in [6, 6.07) is 23.0. The van der Waals surface area contributed by atoms with E-state index in [0.717, 1.165) is 16.5 Å². The van der Waals surface area contributed by atoms with Crippen LogP contribution in [-0.2, 0) is 17.8 Å². The maximum absolute atomic E-state index is 12.4. The molecule has 4 aromatic rings. The van der Waals surface area contributed by atoms with Crippen molar-refractivity contribution in [3.63, 3.8) is 0 Å². The van der Waals surface area contributed by atoms with Crippen LogP contribution in [0.2, 0.25) is 0 Å². The molecule has 0 unspecified atom stereocenters. The predicted molar refractivity (Wildman–Crippen MR) is 121 cm³/mol. The van der Waals surface area contributed by atoms with Gasteiger partial charge in [0.25, 0.3) is 5.91 Å². The van der Waals surface area contributed by atoms with Crippen molar-refractivity contribution in [3.05, 3.63) is 101 Å². The number of para-hydroxylation sites is 1. The van der Waals surface area contributed by atoms with Crippen LogP contribution in [0.25, 0.3) is 11.0 Å². The first kappa shape index (κ1) is 20.9. The average Bonchev–Trinajstić information content (AvgIpc) is 3.24. The molecule has 4 rings (SSSR count). The molecule has 7 nitrogen and oxygen atoms in total. The summed E-state index contributed by atoms with van der Waals surface area (Å²) in [4.78, 5) is 35.9. The minimum Gasteiger partial charge on any atom is -0.451 e. The van der Waals surface area contributed by atoms with E-state index in [1.807, 2.05) is 24.3 Å². The lowest BCUT2D eigenvalue weighted by Crippen LogP contribution is -2.24. The van der Waals surface area contributed by atoms with E-state index in [-0.39, 0.29) is 24.0 Å². The number of benzene rings is 3. The van der Waals surface area contributed by atoms with Crippen molar-refractivity contribution in [1.82, 2.24) is 5.32 Å². The Kier molecular flexibility index (Phi) is 5.98. The smallest absolute Gasteiger partial charge is 0.291 e. The van der Waals surface area contributed by atoms with E-state index < -0.39 is 5.91 Å². The Labute approximate surface area is 184 Å². The lowest BCUT2D eigenvalue weighted by Gasteiger charge is -2.08. The molecule has 3 amide bonds. The largest absolute Gasteiger partial charge is 0.451 e. The van der Waals surface area contributed by atoms with Gasteiger partial charge >= 0.3 is 0 Å². The Hall–Kier alpha value is -4.39. The lowest BCUT2D eigenvalue weighted by molar-refractivity contribution is -0.120. The van der Waals surface area contributed by atoms with Crippen molar-refractivity contribution in [2.24, 2.45) is 5.73 Å². The fraction of sp³-hybridized carbons (Fsp3) is 0.0800. The number of primary amides is 1. The molecule has 1 heterocycles. The number of furan rings is 1. The quantitative estimate of drug-likeness (QED) is 0.418. The van der Waals surface area contributed by atoms with Gasteiger partial charge < -0.3 is 20.8 Å². The van der Waals surface area contributed by atoms with Crippen molar-refractivity contribution >= 4 is 34.4 Å². The van der Waals surface area contributed by atoms with E-state index in [1.54, 1.807) is 54.6 Å². The molecule has 3 aromatic carbocycles. The molecule has 160 valence electrons. The van der Waals surface area contributed by atoms with Gasteiger partial charge in [-0.15, -0.1) is 0 Å². The van der Waals surface area contributed by atoms with Gasteiger partial charge in [0.1, 0.15) is 5.58 Å². The van der Waals surface area contributed by atoms with Gasteiger partial charge in [-0.1, -0.05) is 42.5 Å². The Balaban J connectivity index is 1.31. The number of nitrogens with two attached hydrogens (primary N) is 1. The molecule has 0 aliphatic heterocycles. The maximum Gasteiger partial charge on any atom is 0.291 e. The third kappa shape index (κ3) is 5.02. The Morgan fingerprint density at radius 2 is 1.62 bits per heavy atom. The van der Waals surface area contributed by atoms with Crippen LogP contribution in [0.3, 0.4) is 0 Å². The molecule has 0 spiro atoms. The first-order chi connectivity index (χ1) is 15.5. The second kappa shape index (κ2) is 9.18. The normalized spacial score (nSPS) is 10.6. The highest BCUT2D eigenvalue weighted by atomic mass is 16.3. The maximum atomic E-state index is 12.4. The summed E-state index contributed by atoms with van der Waals surface area (Å²) in [5, 5.41) is 6.47. The van der Waals surface area contributed by atoms with Crippen LogP contribution in [0.1, 0.15) is 32.0 Å². The molecular formula is C25H21N3O4. The summed E-state index contributed by atoms with van der Waals surface area (Å²) in [6.07, 6.45) is 0.188. The van der Waals surface area contributed by atoms with E-state index in [1.165, 1.54) is 0 Å². The number of carbonyl (C=O) groups excluding carboxylic acids is 3. The minimum absolute atomic E-state index is 0.159. The van der Waals surface area contributed by atoms with Crippen molar-refractivity contribution in [2.45, 2.75) is 13.0 Å². The summed E-state index contributed by atoms with van der Waals surface area (Å²) >= 11 is 0. The molecule has 0 fully saturated rings. The topological polar surface area (TPSA) is 114 Å². The van der Waals surface area contributed by atoms with Crippen LogP contribution >= 0.6 is 0 Å². The highest BCUT2D eigenvalue weighted by Gasteiger charge is 2.12. The first-order valence-electron chi connectivity index (χ1n) is 10.0. The molecule has 1 aromatic heterocycles. The van der Waals surface area contributed by atoms with Crippen molar-refractivity contribution in [1.29, 1.82) is 0 Å². The minimum atomic E-state index is -0.509. The van der Waals surface area contributed by atoms with Crippen LogP contribution in [0, 0.1) is 0 Å². The molecule has 0 aliphatic rings. The van der Waals surface area contributed by atoms with Crippen LogP contribution < -0.4 is 16.4 Å². The summed E-state index contributed by atoms with van der Waals surface area (Å²) in [7, 11) is 0. The summed E-state index contributed by atoms with van der Waals surface area (Å²) < 4.78 is 5.57. The zero-order valence-electron chi connectivity index (χ0n) is 17.1. The molecule has 7 heteroatoms. The van der Waals surface area contributed by atoms with Gasteiger partial charge in [0.15, 0.2) is 5.76 Å². The van der Waals surface area contributed by atoms with E-state index >= 15 is 0 Å². The standard InChI is InChI=1S/C25H21N3O4/c26-24(30)19-6-3-4-17(12-19)15-27-23(29)13-16-8-10-20(11-9-16)28-25(31)22-14-18-5-1-2-7-21(18)32-22/h1-12,14H,13,15H2,(H2,26,30)(H,27,29)(H,28,31). The van der Waals surface area contributed by atoms with E-state index in [4.69, 9.17) is 10.2 Å². The van der Waals surface area contributed by atoms with Gasteiger partial charge in [0.2, 0.25) is 11.8 Å². The average molecular weight is 427 g/mol. The Morgan fingerprint density at radius 1 is 0.844 bits per heavy atom. The van der Waals surface area contributed by atoms with Crippen LogP contribution in [-0.4, -0.2) is 17.7 Å². The molecule has 0 aliphatic carbocycles. The second-order valence-corrected chi connectivity index (χ2v) is 7.32. The summed E-state index contributed by atoms with van der Waals surface area (Å²) in [5.41, 5.74) is 8.52. The van der Waals surface area contributed by atoms with Gasteiger partial charge in [0, 0.05) is 23.2 Å². The van der Waals surface area contributed by atoms with E-state index in [0.29, 0.717) is 23.4 Å². The van der Waals surface area contributed by atoms with Crippen LogP contribution in [0.4, 0.5) is 5.69 Å². The summed E-state index contributed by atoms with van der Waals surface area (Å²) in [6.45, 7) is 0.297. The molecule has 0 bridgehead atoms. The molecule has 4 N–H and O–H groups in total. The Morgan fingerprint density at radius 3 is 2.38 bits per heavy atom. The van der Waals surface area contributed by atoms with Crippen molar-refractivity contribution in [2.75, 3.05) is 5.32 Å². The van der Waals surface area contributed by atoms with E-state index in [2.05, 4.69) is 10.6 Å². The van der Waals surface area contributed by atoms with Gasteiger partial charge in [-0.3, -0.25) is 14.4 Å². The fourth-order valence-corrected chi connectivity index (χ4v) is 3.28.